The molecule has 1 unspecified atom stereocenters. The summed E-state index contributed by atoms with van der Waals surface area (Å²) in [6.45, 7) is 2.14. The van der Waals surface area contributed by atoms with Gasteiger partial charge in [-0.1, -0.05) is 22.0 Å². The van der Waals surface area contributed by atoms with Crippen LogP contribution in [-0.2, 0) is 13.5 Å². The quantitative estimate of drug-likeness (QED) is 0.941. The molecule has 0 aliphatic heterocycles. The Bertz CT molecular complexity index is 534. The van der Waals surface area contributed by atoms with Crippen molar-refractivity contribution >= 4 is 15.9 Å². The molecule has 1 aromatic carbocycles. The number of rotatable bonds is 4. The molecule has 1 heterocycles. The van der Waals surface area contributed by atoms with Crippen molar-refractivity contribution < 1.29 is 0 Å². The number of hydrogen-bond acceptors (Lipinski definition) is 2. The summed E-state index contributed by atoms with van der Waals surface area (Å²) in [5.41, 5.74) is 3.73. The second kappa shape index (κ2) is 5.67. The van der Waals surface area contributed by atoms with E-state index in [1.807, 2.05) is 25.0 Å². The normalized spacial score (nSPS) is 12.7. The van der Waals surface area contributed by atoms with E-state index in [-0.39, 0.29) is 0 Å². The van der Waals surface area contributed by atoms with Crippen LogP contribution in [0.3, 0.4) is 0 Å². The SMILES string of the molecule is CNC(Cc1ccn(C)n1)c1ccc(Br)cc1C. The fourth-order valence-electron chi connectivity index (χ4n) is 2.18. The van der Waals surface area contributed by atoms with Gasteiger partial charge >= 0.3 is 0 Å². The third kappa shape index (κ3) is 3.00. The number of hydrogen-bond donors (Lipinski definition) is 1. The molecular formula is C14H18BrN3. The van der Waals surface area contributed by atoms with E-state index in [1.165, 1.54) is 11.1 Å². The summed E-state index contributed by atoms with van der Waals surface area (Å²) in [4.78, 5) is 0. The van der Waals surface area contributed by atoms with Gasteiger partial charge in [0.25, 0.3) is 0 Å². The second-order valence-electron chi connectivity index (χ2n) is 4.53. The van der Waals surface area contributed by atoms with Crippen LogP contribution in [-0.4, -0.2) is 16.8 Å². The zero-order chi connectivity index (χ0) is 13.1. The molecule has 4 heteroatoms. The van der Waals surface area contributed by atoms with Crippen LogP contribution in [0.5, 0.6) is 0 Å². The highest BCUT2D eigenvalue weighted by atomic mass is 79.9. The molecule has 3 nitrogen and oxygen atoms in total. The van der Waals surface area contributed by atoms with Crippen LogP contribution in [0.25, 0.3) is 0 Å². The number of nitrogens with zero attached hydrogens (tertiary/aromatic N) is 2. The predicted octanol–water partition coefficient (Wildman–Crippen LogP) is 2.99. The lowest BCUT2D eigenvalue weighted by molar-refractivity contribution is 0.574. The van der Waals surface area contributed by atoms with Gasteiger partial charge in [-0.2, -0.15) is 5.10 Å². The molecule has 0 amide bonds. The Morgan fingerprint density at radius 2 is 2.17 bits per heavy atom. The van der Waals surface area contributed by atoms with Crippen LogP contribution in [0.2, 0.25) is 0 Å². The minimum Gasteiger partial charge on any atom is -0.313 e. The first-order chi connectivity index (χ1) is 8.60. The van der Waals surface area contributed by atoms with Crippen LogP contribution in [0, 0.1) is 6.92 Å². The third-order valence-corrected chi connectivity index (χ3v) is 3.63. The van der Waals surface area contributed by atoms with Crippen LogP contribution < -0.4 is 5.32 Å². The van der Waals surface area contributed by atoms with E-state index in [2.05, 4.69) is 57.5 Å². The van der Waals surface area contributed by atoms with Gasteiger partial charge in [0, 0.05) is 30.2 Å². The lowest BCUT2D eigenvalue weighted by atomic mass is 9.98. The molecule has 1 atom stereocenters. The van der Waals surface area contributed by atoms with Crippen molar-refractivity contribution in [3.8, 4) is 0 Å². The van der Waals surface area contributed by atoms with E-state index in [1.54, 1.807) is 0 Å². The van der Waals surface area contributed by atoms with Crippen molar-refractivity contribution in [3.63, 3.8) is 0 Å². The lowest BCUT2D eigenvalue weighted by Crippen LogP contribution is -2.20. The molecule has 0 fully saturated rings. The van der Waals surface area contributed by atoms with E-state index in [0.717, 1.165) is 16.6 Å². The van der Waals surface area contributed by atoms with Crippen molar-refractivity contribution in [3.05, 3.63) is 51.8 Å². The molecular weight excluding hydrogens is 290 g/mol. The minimum absolute atomic E-state index is 0.299. The molecule has 96 valence electrons. The second-order valence-corrected chi connectivity index (χ2v) is 5.44. The topological polar surface area (TPSA) is 29.9 Å². The molecule has 18 heavy (non-hydrogen) atoms. The van der Waals surface area contributed by atoms with Gasteiger partial charge < -0.3 is 5.32 Å². The van der Waals surface area contributed by atoms with Crippen molar-refractivity contribution in [2.24, 2.45) is 7.05 Å². The van der Waals surface area contributed by atoms with Crippen molar-refractivity contribution in [1.29, 1.82) is 0 Å². The summed E-state index contributed by atoms with van der Waals surface area (Å²) >= 11 is 3.50. The van der Waals surface area contributed by atoms with E-state index >= 15 is 0 Å². The molecule has 2 rings (SSSR count). The zero-order valence-corrected chi connectivity index (χ0v) is 12.5. The third-order valence-electron chi connectivity index (χ3n) is 3.14. The molecule has 0 aliphatic rings. The molecule has 0 spiro atoms. The Kier molecular flexibility index (Phi) is 4.19. The Balaban J connectivity index is 2.22. The van der Waals surface area contributed by atoms with E-state index < -0.39 is 0 Å². The number of aryl methyl sites for hydroxylation is 2. The first-order valence-corrected chi connectivity index (χ1v) is 6.81. The highest BCUT2D eigenvalue weighted by Crippen LogP contribution is 2.23. The summed E-state index contributed by atoms with van der Waals surface area (Å²) in [6.07, 6.45) is 2.89. The summed E-state index contributed by atoms with van der Waals surface area (Å²) in [6, 6.07) is 8.78. The maximum absolute atomic E-state index is 4.44. The Morgan fingerprint density at radius 1 is 1.39 bits per heavy atom. The summed E-state index contributed by atoms with van der Waals surface area (Å²) in [5, 5.41) is 7.81. The molecule has 2 aromatic rings. The predicted molar refractivity (Wildman–Crippen MR) is 77.6 cm³/mol. The molecule has 0 saturated carbocycles. The van der Waals surface area contributed by atoms with Gasteiger partial charge in [-0.05, 0) is 43.3 Å². The first-order valence-electron chi connectivity index (χ1n) is 6.02. The average Bonchev–Trinajstić information content (AvgIpc) is 2.72. The highest BCUT2D eigenvalue weighted by molar-refractivity contribution is 9.10. The molecule has 0 aliphatic carbocycles. The van der Waals surface area contributed by atoms with Crippen molar-refractivity contribution in [1.82, 2.24) is 15.1 Å². The van der Waals surface area contributed by atoms with Gasteiger partial charge in [0.2, 0.25) is 0 Å². The van der Waals surface area contributed by atoms with Gasteiger partial charge in [-0.3, -0.25) is 4.68 Å². The van der Waals surface area contributed by atoms with E-state index in [4.69, 9.17) is 0 Å². The molecule has 1 aromatic heterocycles. The molecule has 1 N–H and O–H groups in total. The molecule has 0 saturated heterocycles. The zero-order valence-electron chi connectivity index (χ0n) is 10.9. The highest BCUT2D eigenvalue weighted by Gasteiger charge is 2.14. The number of benzene rings is 1. The van der Waals surface area contributed by atoms with Gasteiger partial charge in [0.05, 0.1) is 5.69 Å². The fourth-order valence-corrected chi connectivity index (χ4v) is 2.65. The lowest BCUT2D eigenvalue weighted by Gasteiger charge is -2.18. The van der Waals surface area contributed by atoms with Crippen molar-refractivity contribution in [2.45, 2.75) is 19.4 Å². The number of nitrogens with one attached hydrogen (secondary N) is 1. The van der Waals surface area contributed by atoms with Crippen LogP contribution in [0.1, 0.15) is 22.9 Å². The van der Waals surface area contributed by atoms with Crippen molar-refractivity contribution in [2.75, 3.05) is 7.05 Å². The standard InChI is InChI=1S/C14H18BrN3/c1-10-8-11(15)4-5-13(10)14(16-2)9-12-6-7-18(3)17-12/h4-8,14,16H,9H2,1-3H3. The summed E-state index contributed by atoms with van der Waals surface area (Å²) < 4.78 is 2.97. The Hall–Kier alpha value is -1.13. The Labute approximate surface area is 116 Å². The van der Waals surface area contributed by atoms with Crippen LogP contribution in [0.4, 0.5) is 0 Å². The fraction of sp³-hybridized carbons (Fsp3) is 0.357. The monoisotopic (exact) mass is 307 g/mol. The van der Waals surface area contributed by atoms with Gasteiger partial charge in [0.1, 0.15) is 0 Å². The van der Waals surface area contributed by atoms with Crippen LogP contribution in [0.15, 0.2) is 34.9 Å². The largest absolute Gasteiger partial charge is 0.313 e. The van der Waals surface area contributed by atoms with E-state index in [0.29, 0.717) is 6.04 Å². The molecule has 0 radical (unpaired) electrons. The van der Waals surface area contributed by atoms with Gasteiger partial charge in [0.15, 0.2) is 0 Å². The average molecular weight is 308 g/mol. The number of halogens is 1. The van der Waals surface area contributed by atoms with Crippen LogP contribution >= 0.6 is 15.9 Å². The summed E-state index contributed by atoms with van der Waals surface area (Å²) in [7, 11) is 3.94. The minimum atomic E-state index is 0.299. The molecule has 0 bridgehead atoms. The first kappa shape index (κ1) is 13.3. The number of aromatic nitrogens is 2. The maximum atomic E-state index is 4.44. The van der Waals surface area contributed by atoms with E-state index in [9.17, 15) is 0 Å². The van der Waals surface area contributed by atoms with Gasteiger partial charge in [-0.25, -0.2) is 0 Å². The number of likely N-dealkylation sites (N-methyl/N-ethyl adjacent to an activating group) is 1. The maximum Gasteiger partial charge on any atom is 0.0643 e. The summed E-state index contributed by atoms with van der Waals surface area (Å²) in [5.74, 6) is 0. The smallest absolute Gasteiger partial charge is 0.0643 e. The van der Waals surface area contributed by atoms with Gasteiger partial charge in [-0.15, -0.1) is 0 Å². The Morgan fingerprint density at radius 3 is 2.72 bits per heavy atom.